The smallest absolute Gasteiger partial charge is 0.00130 e. The molecule has 1 heteroatoms. The lowest BCUT2D eigenvalue weighted by Gasteiger charge is -2.25. The molecule has 64 valence electrons. The van der Waals surface area contributed by atoms with Crippen LogP contribution in [0.25, 0.3) is 0 Å². The molecule has 0 aromatic heterocycles. The predicted molar refractivity (Wildman–Crippen MR) is 47.5 cm³/mol. The molecule has 2 fully saturated rings. The molecule has 0 amide bonds. The summed E-state index contributed by atoms with van der Waals surface area (Å²) < 4.78 is 0. The number of hydrogen-bond acceptors (Lipinski definition) is 1. The molecule has 1 N–H and O–H groups in total. The van der Waals surface area contributed by atoms with Crippen molar-refractivity contribution in [1.82, 2.24) is 5.32 Å². The van der Waals surface area contributed by atoms with Crippen LogP contribution in [0.5, 0.6) is 0 Å². The molecule has 3 unspecified atom stereocenters. The zero-order valence-electron chi connectivity index (χ0n) is 7.91. The van der Waals surface area contributed by atoms with Gasteiger partial charge in [0.15, 0.2) is 0 Å². The van der Waals surface area contributed by atoms with E-state index in [0.29, 0.717) is 0 Å². The van der Waals surface area contributed by atoms with Crippen molar-refractivity contribution in [1.29, 1.82) is 0 Å². The van der Waals surface area contributed by atoms with Gasteiger partial charge in [-0.2, -0.15) is 0 Å². The first kappa shape index (κ1) is 7.60. The zero-order chi connectivity index (χ0) is 8.11. The van der Waals surface area contributed by atoms with E-state index in [9.17, 15) is 0 Å². The SMILES string of the molecule is CCC1(CNC)C2CC21CC. The first-order valence-electron chi connectivity index (χ1n) is 4.92. The summed E-state index contributed by atoms with van der Waals surface area (Å²) in [5, 5.41) is 3.34. The number of rotatable bonds is 4. The summed E-state index contributed by atoms with van der Waals surface area (Å²) in [7, 11) is 2.08. The highest BCUT2D eigenvalue weighted by molar-refractivity contribution is 5.34. The maximum atomic E-state index is 3.34. The Morgan fingerprint density at radius 2 is 2.09 bits per heavy atom. The summed E-state index contributed by atoms with van der Waals surface area (Å²) >= 11 is 0. The van der Waals surface area contributed by atoms with Gasteiger partial charge in [0, 0.05) is 6.54 Å². The van der Waals surface area contributed by atoms with Crippen LogP contribution in [0.15, 0.2) is 0 Å². The molecule has 0 saturated heterocycles. The minimum Gasteiger partial charge on any atom is -0.319 e. The van der Waals surface area contributed by atoms with Crippen molar-refractivity contribution < 1.29 is 0 Å². The maximum Gasteiger partial charge on any atom is 0.00130 e. The van der Waals surface area contributed by atoms with Gasteiger partial charge < -0.3 is 5.32 Å². The molecule has 11 heavy (non-hydrogen) atoms. The fourth-order valence-corrected chi connectivity index (χ4v) is 3.49. The van der Waals surface area contributed by atoms with E-state index in [0.717, 1.165) is 16.7 Å². The molecule has 0 aliphatic heterocycles. The standard InChI is InChI=1S/C10H19N/c1-4-9-6-8(9)10(9,5-2)7-11-3/h8,11H,4-7H2,1-3H3. The van der Waals surface area contributed by atoms with Crippen LogP contribution >= 0.6 is 0 Å². The topological polar surface area (TPSA) is 12.0 Å². The van der Waals surface area contributed by atoms with Gasteiger partial charge in [-0.3, -0.25) is 0 Å². The molecule has 0 heterocycles. The fourth-order valence-electron chi connectivity index (χ4n) is 3.49. The Morgan fingerprint density at radius 3 is 2.36 bits per heavy atom. The van der Waals surface area contributed by atoms with Crippen LogP contribution < -0.4 is 5.32 Å². The molecule has 2 aliphatic carbocycles. The Morgan fingerprint density at radius 1 is 1.36 bits per heavy atom. The molecule has 0 bridgehead atoms. The molecule has 1 nitrogen and oxygen atoms in total. The summed E-state index contributed by atoms with van der Waals surface area (Å²) in [6, 6.07) is 0. The Labute approximate surface area is 69.6 Å². The number of fused-ring (bicyclic) bond motifs is 1. The third-order valence-corrected chi connectivity index (χ3v) is 4.40. The largest absolute Gasteiger partial charge is 0.319 e. The van der Waals surface area contributed by atoms with Crippen molar-refractivity contribution in [3.8, 4) is 0 Å². The van der Waals surface area contributed by atoms with E-state index in [1.165, 1.54) is 25.8 Å². The third-order valence-electron chi connectivity index (χ3n) is 4.40. The molecular formula is C10H19N. The van der Waals surface area contributed by atoms with E-state index >= 15 is 0 Å². The Hall–Kier alpha value is -0.0400. The summed E-state index contributed by atoms with van der Waals surface area (Å²) in [5.74, 6) is 1.09. The molecule has 0 aromatic rings. The highest BCUT2D eigenvalue weighted by Crippen LogP contribution is 2.90. The molecular weight excluding hydrogens is 134 g/mol. The second-order valence-electron chi connectivity index (χ2n) is 4.31. The highest BCUT2D eigenvalue weighted by atomic mass is 15.0. The minimum absolute atomic E-state index is 0.733. The maximum absolute atomic E-state index is 3.34. The van der Waals surface area contributed by atoms with E-state index < -0.39 is 0 Å². The lowest BCUT2D eigenvalue weighted by molar-refractivity contribution is 0.271. The van der Waals surface area contributed by atoms with Crippen LogP contribution in [0.1, 0.15) is 33.1 Å². The first-order chi connectivity index (χ1) is 5.27. The van der Waals surface area contributed by atoms with E-state index in [1.807, 2.05) is 0 Å². The average molecular weight is 153 g/mol. The van der Waals surface area contributed by atoms with Crippen molar-refractivity contribution in [3.05, 3.63) is 0 Å². The van der Waals surface area contributed by atoms with Crippen LogP contribution in [-0.2, 0) is 0 Å². The summed E-state index contributed by atoms with van der Waals surface area (Å²) in [5.41, 5.74) is 1.54. The fraction of sp³-hybridized carbons (Fsp3) is 1.00. The Bertz CT molecular complexity index is 178. The van der Waals surface area contributed by atoms with Gasteiger partial charge in [0.1, 0.15) is 0 Å². The molecule has 0 spiro atoms. The second-order valence-corrected chi connectivity index (χ2v) is 4.31. The molecule has 3 atom stereocenters. The molecule has 0 aromatic carbocycles. The lowest BCUT2D eigenvalue weighted by atomic mass is 9.84. The summed E-state index contributed by atoms with van der Waals surface area (Å²) in [6.07, 6.45) is 4.32. The van der Waals surface area contributed by atoms with Crippen molar-refractivity contribution in [2.75, 3.05) is 13.6 Å². The second kappa shape index (κ2) is 2.01. The van der Waals surface area contributed by atoms with E-state index in [-0.39, 0.29) is 0 Å². The normalized spacial score (nSPS) is 52.1. The van der Waals surface area contributed by atoms with Crippen LogP contribution in [-0.4, -0.2) is 13.6 Å². The van der Waals surface area contributed by atoms with Gasteiger partial charge in [-0.25, -0.2) is 0 Å². The Balaban J connectivity index is 2.02. The first-order valence-corrected chi connectivity index (χ1v) is 4.92. The van der Waals surface area contributed by atoms with Gasteiger partial charge in [-0.15, -0.1) is 0 Å². The van der Waals surface area contributed by atoms with E-state index in [1.54, 1.807) is 0 Å². The van der Waals surface area contributed by atoms with Crippen LogP contribution in [0.3, 0.4) is 0 Å². The Kier molecular flexibility index (Phi) is 1.39. The average Bonchev–Trinajstić information content (AvgIpc) is 2.86. The number of hydrogen-bond donors (Lipinski definition) is 1. The van der Waals surface area contributed by atoms with Crippen molar-refractivity contribution in [2.24, 2.45) is 16.7 Å². The van der Waals surface area contributed by atoms with Gasteiger partial charge in [-0.1, -0.05) is 13.8 Å². The zero-order valence-corrected chi connectivity index (χ0v) is 7.91. The van der Waals surface area contributed by atoms with Crippen molar-refractivity contribution in [2.45, 2.75) is 33.1 Å². The van der Waals surface area contributed by atoms with Crippen LogP contribution in [0, 0.1) is 16.7 Å². The summed E-state index contributed by atoms with van der Waals surface area (Å²) in [6.45, 7) is 5.95. The highest BCUT2D eigenvalue weighted by Gasteiger charge is 2.85. The van der Waals surface area contributed by atoms with Gasteiger partial charge in [0.2, 0.25) is 0 Å². The summed E-state index contributed by atoms with van der Waals surface area (Å²) in [4.78, 5) is 0. The molecule has 2 saturated carbocycles. The van der Waals surface area contributed by atoms with Gasteiger partial charge in [0.05, 0.1) is 0 Å². The van der Waals surface area contributed by atoms with Crippen molar-refractivity contribution in [3.63, 3.8) is 0 Å². The van der Waals surface area contributed by atoms with Crippen LogP contribution in [0.4, 0.5) is 0 Å². The van der Waals surface area contributed by atoms with Gasteiger partial charge in [-0.05, 0) is 43.1 Å². The predicted octanol–water partition coefficient (Wildman–Crippen LogP) is 2.03. The minimum atomic E-state index is 0.733. The molecule has 0 radical (unpaired) electrons. The lowest BCUT2D eigenvalue weighted by Crippen LogP contribution is -2.28. The molecule has 2 aliphatic rings. The van der Waals surface area contributed by atoms with Gasteiger partial charge >= 0.3 is 0 Å². The third kappa shape index (κ3) is 0.618. The quantitative estimate of drug-likeness (QED) is 0.651. The van der Waals surface area contributed by atoms with Crippen molar-refractivity contribution >= 4 is 0 Å². The van der Waals surface area contributed by atoms with Gasteiger partial charge in [0.25, 0.3) is 0 Å². The van der Waals surface area contributed by atoms with Crippen LogP contribution in [0.2, 0.25) is 0 Å². The molecule has 2 rings (SSSR count). The van der Waals surface area contributed by atoms with E-state index in [2.05, 4.69) is 26.2 Å². The monoisotopic (exact) mass is 153 g/mol. The van der Waals surface area contributed by atoms with E-state index in [4.69, 9.17) is 0 Å². The number of nitrogens with one attached hydrogen (secondary N) is 1.